The fraction of sp³-hybridized carbons (Fsp3) is 0.364. The van der Waals surface area contributed by atoms with Crippen molar-refractivity contribution in [3.8, 4) is 0 Å². The maximum atomic E-state index is 13.1. The van der Waals surface area contributed by atoms with Crippen LogP contribution in [0.3, 0.4) is 0 Å². The zero-order chi connectivity index (χ0) is 10.4. The third-order valence-corrected chi connectivity index (χ3v) is 1.92. The second-order valence-corrected chi connectivity index (χ2v) is 3.15. The van der Waals surface area contributed by atoms with E-state index in [2.05, 4.69) is 4.99 Å². The summed E-state index contributed by atoms with van der Waals surface area (Å²) in [5.74, 6) is 0.372. The van der Waals surface area contributed by atoms with Crippen molar-refractivity contribution in [2.24, 2.45) is 10.7 Å². The molecule has 0 aliphatic rings. The molecule has 1 aromatic carbocycles. The number of hydrogen-bond donors (Lipinski definition) is 1. The molecule has 0 heterocycles. The fourth-order valence-electron chi connectivity index (χ4n) is 1.15. The summed E-state index contributed by atoms with van der Waals surface area (Å²) in [4.78, 5) is 4.10. The van der Waals surface area contributed by atoms with E-state index >= 15 is 0 Å². The van der Waals surface area contributed by atoms with Crippen LogP contribution in [0, 0.1) is 5.82 Å². The normalized spacial score (nSPS) is 11.7. The lowest BCUT2D eigenvalue weighted by molar-refractivity contribution is 0.610. The molecule has 0 radical (unpaired) electrons. The summed E-state index contributed by atoms with van der Waals surface area (Å²) in [5, 5.41) is 0. The molecule has 14 heavy (non-hydrogen) atoms. The van der Waals surface area contributed by atoms with Gasteiger partial charge in [-0.05, 0) is 12.5 Å². The fourth-order valence-corrected chi connectivity index (χ4v) is 1.15. The first-order valence-electron chi connectivity index (χ1n) is 4.76. The molecule has 2 nitrogen and oxygen atoms in total. The van der Waals surface area contributed by atoms with Crippen LogP contribution in [-0.4, -0.2) is 5.84 Å². The predicted molar refractivity (Wildman–Crippen MR) is 56.6 cm³/mol. The molecule has 0 aliphatic carbocycles. The van der Waals surface area contributed by atoms with Crippen molar-refractivity contribution in [2.45, 2.75) is 26.3 Å². The van der Waals surface area contributed by atoms with Crippen LogP contribution >= 0.6 is 0 Å². The molecule has 1 aromatic rings. The Balaban J connectivity index is 2.61. The lowest BCUT2D eigenvalue weighted by Gasteiger charge is -2.00. The van der Waals surface area contributed by atoms with Crippen molar-refractivity contribution in [3.63, 3.8) is 0 Å². The molecule has 0 saturated heterocycles. The molecule has 0 fully saturated rings. The third kappa shape index (κ3) is 3.17. The van der Waals surface area contributed by atoms with E-state index in [-0.39, 0.29) is 5.82 Å². The van der Waals surface area contributed by atoms with Gasteiger partial charge in [0.05, 0.1) is 12.4 Å². The highest BCUT2D eigenvalue weighted by atomic mass is 19.1. The standard InChI is InChI=1S/C11H15FN2/c1-2-5-11(13)14-8-9-6-3-4-7-10(9)12/h3-4,6-7H,2,5,8H2,1H3,(H2,13,14). The number of rotatable bonds is 4. The molecule has 3 heteroatoms. The first kappa shape index (κ1) is 10.7. The second-order valence-electron chi connectivity index (χ2n) is 3.15. The Kier molecular flexibility index (Phi) is 4.11. The van der Waals surface area contributed by atoms with Gasteiger partial charge in [-0.2, -0.15) is 0 Å². The largest absolute Gasteiger partial charge is 0.387 e. The first-order chi connectivity index (χ1) is 6.74. The Bertz CT molecular complexity index is 321. The van der Waals surface area contributed by atoms with Gasteiger partial charge in [0.2, 0.25) is 0 Å². The Morgan fingerprint density at radius 3 is 2.79 bits per heavy atom. The van der Waals surface area contributed by atoms with Crippen molar-refractivity contribution in [1.82, 2.24) is 0 Å². The molecule has 0 atom stereocenters. The molecule has 1 rings (SSSR count). The SMILES string of the molecule is CCCC(N)=NCc1ccccc1F. The number of nitrogens with two attached hydrogens (primary N) is 1. The Hall–Kier alpha value is -1.38. The van der Waals surface area contributed by atoms with E-state index in [0.29, 0.717) is 17.9 Å². The van der Waals surface area contributed by atoms with Gasteiger partial charge in [-0.1, -0.05) is 25.1 Å². The quantitative estimate of drug-likeness (QED) is 0.580. The lowest BCUT2D eigenvalue weighted by atomic mass is 10.2. The van der Waals surface area contributed by atoms with Crippen molar-refractivity contribution in [3.05, 3.63) is 35.6 Å². The molecule has 0 bridgehead atoms. The van der Waals surface area contributed by atoms with E-state index in [9.17, 15) is 4.39 Å². The Labute approximate surface area is 83.7 Å². The lowest BCUT2D eigenvalue weighted by Crippen LogP contribution is -2.11. The number of benzene rings is 1. The topological polar surface area (TPSA) is 38.4 Å². The Morgan fingerprint density at radius 2 is 2.14 bits per heavy atom. The van der Waals surface area contributed by atoms with Crippen molar-refractivity contribution >= 4 is 5.84 Å². The molecule has 2 N–H and O–H groups in total. The monoisotopic (exact) mass is 194 g/mol. The number of hydrogen-bond acceptors (Lipinski definition) is 1. The molecular weight excluding hydrogens is 179 g/mol. The maximum Gasteiger partial charge on any atom is 0.128 e. The van der Waals surface area contributed by atoms with Gasteiger partial charge < -0.3 is 5.73 Å². The van der Waals surface area contributed by atoms with Crippen molar-refractivity contribution < 1.29 is 4.39 Å². The van der Waals surface area contributed by atoms with E-state index in [1.165, 1.54) is 6.07 Å². The summed E-state index contributed by atoms with van der Waals surface area (Å²) in [6.45, 7) is 2.37. The first-order valence-corrected chi connectivity index (χ1v) is 4.76. The van der Waals surface area contributed by atoms with E-state index in [1.54, 1.807) is 18.2 Å². The van der Waals surface area contributed by atoms with Crippen molar-refractivity contribution in [1.29, 1.82) is 0 Å². The molecular formula is C11H15FN2. The smallest absolute Gasteiger partial charge is 0.128 e. The zero-order valence-corrected chi connectivity index (χ0v) is 8.33. The van der Waals surface area contributed by atoms with Crippen LogP contribution in [0.1, 0.15) is 25.3 Å². The molecule has 0 unspecified atom stereocenters. The van der Waals surface area contributed by atoms with Crippen LogP contribution in [0.4, 0.5) is 4.39 Å². The van der Waals surface area contributed by atoms with Gasteiger partial charge in [-0.25, -0.2) is 4.39 Å². The number of aliphatic imine (C=N–C) groups is 1. The van der Waals surface area contributed by atoms with Gasteiger partial charge in [0.15, 0.2) is 0 Å². The van der Waals surface area contributed by atoms with E-state index < -0.39 is 0 Å². The molecule has 76 valence electrons. The third-order valence-electron chi connectivity index (χ3n) is 1.92. The minimum absolute atomic E-state index is 0.222. The van der Waals surface area contributed by atoms with Gasteiger partial charge in [-0.3, -0.25) is 4.99 Å². The summed E-state index contributed by atoms with van der Waals surface area (Å²) < 4.78 is 13.1. The van der Waals surface area contributed by atoms with Gasteiger partial charge in [-0.15, -0.1) is 0 Å². The van der Waals surface area contributed by atoms with Crippen molar-refractivity contribution in [2.75, 3.05) is 0 Å². The average molecular weight is 194 g/mol. The van der Waals surface area contributed by atoms with Crippen LogP contribution in [-0.2, 0) is 6.54 Å². The highest BCUT2D eigenvalue weighted by molar-refractivity contribution is 5.80. The summed E-state index contributed by atoms with van der Waals surface area (Å²) in [5.41, 5.74) is 6.20. The number of halogens is 1. The van der Waals surface area contributed by atoms with E-state index in [0.717, 1.165) is 12.8 Å². The summed E-state index contributed by atoms with van der Waals surface area (Å²) in [6.07, 6.45) is 1.74. The molecule has 0 aromatic heterocycles. The van der Waals surface area contributed by atoms with Crippen LogP contribution in [0.15, 0.2) is 29.3 Å². The van der Waals surface area contributed by atoms with Gasteiger partial charge in [0.1, 0.15) is 5.82 Å². The van der Waals surface area contributed by atoms with E-state index in [1.807, 2.05) is 6.92 Å². The molecule has 0 saturated carbocycles. The van der Waals surface area contributed by atoms with Gasteiger partial charge >= 0.3 is 0 Å². The summed E-state index contributed by atoms with van der Waals surface area (Å²) in [7, 11) is 0. The summed E-state index contributed by atoms with van der Waals surface area (Å²) >= 11 is 0. The zero-order valence-electron chi connectivity index (χ0n) is 8.33. The molecule has 0 amide bonds. The van der Waals surface area contributed by atoms with Crippen LogP contribution < -0.4 is 5.73 Å². The maximum absolute atomic E-state index is 13.1. The molecule has 0 spiro atoms. The van der Waals surface area contributed by atoms with Gasteiger partial charge in [0.25, 0.3) is 0 Å². The minimum atomic E-state index is -0.222. The average Bonchev–Trinajstić information content (AvgIpc) is 2.17. The minimum Gasteiger partial charge on any atom is -0.387 e. The van der Waals surface area contributed by atoms with Crippen LogP contribution in [0.5, 0.6) is 0 Å². The highest BCUT2D eigenvalue weighted by Crippen LogP contribution is 2.07. The summed E-state index contributed by atoms with van der Waals surface area (Å²) in [6, 6.07) is 6.61. The number of amidine groups is 1. The van der Waals surface area contributed by atoms with Crippen LogP contribution in [0.2, 0.25) is 0 Å². The highest BCUT2D eigenvalue weighted by Gasteiger charge is 1.98. The van der Waals surface area contributed by atoms with E-state index in [4.69, 9.17) is 5.73 Å². The van der Waals surface area contributed by atoms with Gasteiger partial charge in [0, 0.05) is 12.0 Å². The predicted octanol–water partition coefficient (Wildman–Crippen LogP) is 2.48. The number of nitrogens with zero attached hydrogens (tertiary/aromatic N) is 1. The second kappa shape index (κ2) is 5.37. The molecule has 0 aliphatic heterocycles. The van der Waals surface area contributed by atoms with Crippen LogP contribution in [0.25, 0.3) is 0 Å². The Morgan fingerprint density at radius 1 is 1.43 bits per heavy atom.